The Morgan fingerprint density at radius 3 is 2.62 bits per heavy atom. The number of amidine groups is 1. The van der Waals surface area contributed by atoms with Gasteiger partial charge in [0.05, 0.1) is 25.8 Å². The molecule has 4 rings (SSSR count). The number of rotatable bonds is 10. The third kappa shape index (κ3) is 4.94. The van der Waals surface area contributed by atoms with Crippen molar-refractivity contribution in [3.05, 3.63) is 63.9 Å². The van der Waals surface area contributed by atoms with Crippen LogP contribution in [0.2, 0.25) is 0 Å². The second-order valence-electron chi connectivity index (χ2n) is 8.86. The number of Topliss-reactive ketones (excluding diaryl/α,β-unsaturated/α-hetero) is 1. The zero-order chi connectivity index (χ0) is 26.7. The van der Waals surface area contributed by atoms with Crippen molar-refractivity contribution < 1.29 is 28.3 Å². The minimum absolute atomic E-state index is 0.00962. The van der Waals surface area contributed by atoms with Gasteiger partial charge in [-0.1, -0.05) is 13.3 Å². The molecule has 0 atom stereocenters. The van der Waals surface area contributed by atoms with Gasteiger partial charge in [-0.15, -0.1) is 0 Å². The first-order chi connectivity index (χ1) is 17.8. The van der Waals surface area contributed by atoms with Crippen molar-refractivity contribution >= 4 is 34.5 Å². The molecule has 0 unspecified atom stereocenters. The fraction of sp³-hybridized carbons (Fsp3) is 0.357. The number of hydrogen-bond donors (Lipinski definition) is 2. The Kier molecular flexibility index (Phi) is 7.61. The zero-order valence-electron chi connectivity index (χ0n) is 21.5. The number of ether oxygens (including phenoxy) is 2. The Morgan fingerprint density at radius 1 is 1.16 bits per heavy atom. The summed E-state index contributed by atoms with van der Waals surface area (Å²) >= 11 is 0. The van der Waals surface area contributed by atoms with E-state index in [-0.39, 0.29) is 29.8 Å². The molecule has 2 heterocycles. The van der Waals surface area contributed by atoms with Gasteiger partial charge in [0.1, 0.15) is 17.2 Å². The number of nitrogens with zero attached hydrogens (tertiary/aromatic N) is 1. The van der Waals surface area contributed by atoms with Gasteiger partial charge in [0.15, 0.2) is 5.78 Å². The summed E-state index contributed by atoms with van der Waals surface area (Å²) in [6.45, 7) is 4.65. The molecule has 9 heteroatoms. The van der Waals surface area contributed by atoms with Gasteiger partial charge < -0.3 is 24.1 Å². The molecule has 0 aliphatic carbocycles. The van der Waals surface area contributed by atoms with E-state index >= 15 is 0 Å². The maximum absolute atomic E-state index is 13.3. The largest absolute Gasteiger partial charge is 0.493 e. The Morgan fingerprint density at radius 2 is 1.95 bits per heavy atom. The number of benzene rings is 2. The first kappa shape index (κ1) is 25.9. The van der Waals surface area contributed by atoms with Crippen molar-refractivity contribution in [2.24, 2.45) is 0 Å². The number of carbonyl (C=O) groups excluding carboxylic acids is 3. The molecule has 0 bridgehead atoms. The van der Waals surface area contributed by atoms with Crippen LogP contribution >= 0.6 is 0 Å². The first-order valence-corrected chi connectivity index (χ1v) is 12.3. The lowest BCUT2D eigenvalue weighted by Gasteiger charge is -2.17. The van der Waals surface area contributed by atoms with Crippen LogP contribution in [0.1, 0.15) is 74.7 Å². The summed E-state index contributed by atoms with van der Waals surface area (Å²) in [6.07, 6.45) is 2.44. The van der Waals surface area contributed by atoms with Crippen molar-refractivity contribution in [2.75, 3.05) is 27.3 Å². The summed E-state index contributed by atoms with van der Waals surface area (Å²) in [6, 6.07) is 8.54. The Hall–Kier alpha value is -4.14. The summed E-state index contributed by atoms with van der Waals surface area (Å²) in [7, 11) is 2.85. The highest BCUT2D eigenvalue weighted by molar-refractivity contribution is 6.08. The summed E-state index contributed by atoms with van der Waals surface area (Å²) in [5, 5.41) is 12.0. The second-order valence-corrected chi connectivity index (χ2v) is 8.86. The highest BCUT2D eigenvalue weighted by Gasteiger charge is 2.29. The van der Waals surface area contributed by atoms with E-state index in [0.717, 1.165) is 29.4 Å². The smallest absolute Gasteiger partial charge is 0.374 e. The molecule has 0 radical (unpaired) electrons. The highest BCUT2D eigenvalue weighted by Crippen LogP contribution is 2.32. The molecule has 2 aromatic carbocycles. The van der Waals surface area contributed by atoms with Crippen LogP contribution in [0.15, 0.2) is 34.7 Å². The van der Waals surface area contributed by atoms with E-state index in [1.165, 1.54) is 7.11 Å². The predicted molar refractivity (Wildman–Crippen MR) is 139 cm³/mol. The molecule has 194 valence electrons. The summed E-state index contributed by atoms with van der Waals surface area (Å²) in [5.74, 6) is -0.207. The molecular formula is C28H31N3O6. The van der Waals surface area contributed by atoms with E-state index in [1.807, 2.05) is 6.92 Å². The molecule has 0 fully saturated rings. The maximum atomic E-state index is 13.3. The Bertz CT molecular complexity index is 1390. The van der Waals surface area contributed by atoms with E-state index in [1.54, 1.807) is 42.3 Å². The summed E-state index contributed by atoms with van der Waals surface area (Å²) in [5.41, 5.74) is 3.51. The average Bonchev–Trinajstić information content (AvgIpc) is 3.42. The van der Waals surface area contributed by atoms with Crippen LogP contribution in [-0.4, -0.2) is 55.7 Å². The van der Waals surface area contributed by atoms with Crippen LogP contribution in [0.4, 0.5) is 0 Å². The molecule has 9 nitrogen and oxygen atoms in total. The summed E-state index contributed by atoms with van der Waals surface area (Å²) in [4.78, 5) is 39.6. The number of esters is 1. The third-order valence-corrected chi connectivity index (χ3v) is 6.51. The number of hydrogen-bond acceptors (Lipinski definition) is 7. The second kappa shape index (κ2) is 10.9. The molecule has 1 aliphatic heterocycles. The molecule has 37 heavy (non-hydrogen) atoms. The van der Waals surface area contributed by atoms with Gasteiger partial charge in [-0.25, -0.2) is 4.79 Å². The van der Waals surface area contributed by atoms with E-state index in [2.05, 4.69) is 12.2 Å². The monoisotopic (exact) mass is 505 g/mol. The number of methoxy groups -OCH3 is 1. The number of fused-ring (bicyclic) bond motifs is 2. The lowest BCUT2D eigenvalue weighted by atomic mass is 10.0. The fourth-order valence-electron chi connectivity index (χ4n) is 4.60. The fourth-order valence-corrected chi connectivity index (χ4v) is 4.60. The number of amides is 1. The van der Waals surface area contributed by atoms with Crippen molar-refractivity contribution in [1.29, 1.82) is 5.41 Å². The molecule has 1 amide bonds. The molecule has 0 saturated carbocycles. The van der Waals surface area contributed by atoms with E-state index in [0.29, 0.717) is 47.6 Å². The van der Waals surface area contributed by atoms with Gasteiger partial charge in [0, 0.05) is 35.7 Å². The van der Waals surface area contributed by atoms with Crippen LogP contribution in [0, 0.1) is 5.41 Å². The van der Waals surface area contributed by atoms with Crippen LogP contribution in [0.3, 0.4) is 0 Å². The van der Waals surface area contributed by atoms with Crippen LogP contribution < -0.4 is 10.1 Å². The standard InChI is InChI=1S/C28H31N3O6/c1-5-7-8-18-20-11-16(9-10-23(20)37-25(18)28(34)35-4)22(32)15-31-14-17-12-24(36-6-2)21(27(33)30-3)13-19(17)26(31)29/h9-13,29H,5-8,14-15H2,1-4H3,(H,30,33). The zero-order valence-corrected chi connectivity index (χ0v) is 21.5. The van der Waals surface area contributed by atoms with E-state index in [4.69, 9.17) is 19.3 Å². The summed E-state index contributed by atoms with van der Waals surface area (Å²) < 4.78 is 16.3. The molecule has 2 N–H and O–H groups in total. The highest BCUT2D eigenvalue weighted by atomic mass is 16.5. The van der Waals surface area contributed by atoms with Crippen LogP contribution in [0.5, 0.6) is 5.75 Å². The first-order valence-electron chi connectivity index (χ1n) is 12.3. The van der Waals surface area contributed by atoms with Crippen LogP contribution in [-0.2, 0) is 17.7 Å². The Labute approximate surface area is 215 Å². The number of aryl methyl sites for hydroxylation is 1. The minimum atomic E-state index is -0.541. The third-order valence-electron chi connectivity index (χ3n) is 6.51. The van der Waals surface area contributed by atoms with Gasteiger partial charge in [-0.3, -0.25) is 15.0 Å². The van der Waals surface area contributed by atoms with Gasteiger partial charge in [-0.05, 0) is 55.7 Å². The topological polar surface area (TPSA) is 122 Å². The molecule has 3 aromatic rings. The van der Waals surface area contributed by atoms with Gasteiger partial charge in [-0.2, -0.15) is 0 Å². The van der Waals surface area contributed by atoms with Gasteiger partial charge >= 0.3 is 5.97 Å². The average molecular weight is 506 g/mol. The minimum Gasteiger partial charge on any atom is -0.493 e. The number of carbonyl (C=O) groups is 3. The predicted octanol–water partition coefficient (Wildman–Crippen LogP) is 4.34. The molecule has 0 spiro atoms. The Balaban J connectivity index is 1.61. The van der Waals surface area contributed by atoms with Crippen molar-refractivity contribution in [3.8, 4) is 5.75 Å². The number of nitrogens with one attached hydrogen (secondary N) is 2. The van der Waals surface area contributed by atoms with E-state index in [9.17, 15) is 14.4 Å². The van der Waals surface area contributed by atoms with Gasteiger partial charge in [0.2, 0.25) is 5.76 Å². The number of unbranched alkanes of at least 4 members (excludes halogenated alkanes) is 1. The lowest BCUT2D eigenvalue weighted by Crippen LogP contribution is -2.30. The maximum Gasteiger partial charge on any atom is 0.374 e. The van der Waals surface area contributed by atoms with Crippen molar-refractivity contribution in [2.45, 2.75) is 39.7 Å². The van der Waals surface area contributed by atoms with Crippen molar-refractivity contribution in [3.63, 3.8) is 0 Å². The normalized spacial score (nSPS) is 12.5. The van der Waals surface area contributed by atoms with Gasteiger partial charge in [0.25, 0.3) is 5.91 Å². The SMILES string of the molecule is CCCCc1c(C(=O)OC)oc2ccc(C(=O)CN3Cc4cc(OCC)c(C(=O)NC)cc4C3=N)cc12. The molecule has 1 aliphatic rings. The lowest BCUT2D eigenvalue weighted by molar-refractivity contribution is 0.0565. The van der Waals surface area contributed by atoms with Crippen LogP contribution in [0.25, 0.3) is 11.0 Å². The van der Waals surface area contributed by atoms with Crippen molar-refractivity contribution in [1.82, 2.24) is 10.2 Å². The number of furan rings is 1. The quantitative estimate of drug-likeness (QED) is 0.310. The number of ketones is 1. The van der Waals surface area contributed by atoms with E-state index < -0.39 is 5.97 Å². The molecule has 0 saturated heterocycles. The molecular weight excluding hydrogens is 474 g/mol. The molecule has 1 aromatic heterocycles.